The molecule has 0 aliphatic rings. The Balaban J connectivity index is 2.13. The number of carbonyl (C=O) groups is 1. The van der Waals surface area contributed by atoms with Crippen molar-refractivity contribution in [2.45, 2.75) is 4.90 Å². The van der Waals surface area contributed by atoms with Gasteiger partial charge in [0.05, 0.1) is 5.02 Å². The van der Waals surface area contributed by atoms with Crippen LogP contribution in [0.3, 0.4) is 0 Å². The number of sulfonamides is 1. The molecule has 0 aliphatic heterocycles. The van der Waals surface area contributed by atoms with Crippen LogP contribution in [0.2, 0.25) is 5.02 Å². The van der Waals surface area contributed by atoms with Gasteiger partial charge in [0, 0.05) is 12.4 Å². The molecule has 0 aliphatic carbocycles. The van der Waals surface area contributed by atoms with E-state index >= 15 is 0 Å². The van der Waals surface area contributed by atoms with E-state index in [0.29, 0.717) is 0 Å². The van der Waals surface area contributed by atoms with Gasteiger partial charge in [0.15, 0.2) is 0 Å². The van der Waals surface area contributed by atoms with Crippen LogP contribution in [0.1, 0.15) is 0 Å². The smallest absolute Gasteiger partial charge is 0.275 e. The van der Waals surface area contributed by atoms with E-state index in [1.54, 1.807) is 12.1 Å². The summed E-state index contributed by atoms with van der Waals surface area (Å²) in [7, 11) is -4.06. The summed E-state index contributed by atoms with van der Waals surface area (Å²) in [6.07, 6.45) is 2.82. The Bertz CT molecular complexity index is 721. The van der Waals surface area contributed by atoms with E-state index in [4.69, 9.17) is 11.6 Å². The zero-order valence-electron chi connectivity index (χ0n) is 9.95. The van der Waals surface area contributed by atoms with E-state index in [-0.39, 0.29) is 15.9 Å². The second-order valence-electron chi connectivity index (χ2n) is 3.56. The number of hydrogen-bond donors (Lipinski definition) is 2. The van der Waals surface area contributed by atoms with Gasteiger partial charge < -0.3 is 0 Å². The van der Waals surface area contributed by atoms with Crippen LogP contribution in [0.5, 0.6) is 0 Å². The quantitative estimate of drug-likeness (QED) is 0.897. The summed E-state index contributed by atoms with van der Waals surface area (Å²) in [6, 6.07) is 6.36. The lowest BCUT2D eigenvalue weighted by Crippen LogP contribution is -2.35. The molecule has 1 heterocycles. The van der Waals surface area contributed by atoms with Crippen LogP contribution >= 0.6 is 11.6 Å². The van der Waals surface area contributed by atoms with E-state index in [0.717, 1.165) is 0 Å². The summed E-state index contributed by atoms with van der Waals surface area (Å²) in [6.45, 7) is 0. The first kappa shape index (κ1) is 14.2. The van der Waals surface area contributed by atoms with Crippen molar-refractivity contribution in [3.05, 3.63) is 47.7 Å². The number of nitrogens with zero attached hydrogens (tertiary/aromatic N) is 2. The number of urea groups is 1. The van der Waals surface area contributed by atoms with Crippen molar-refractivity contribution in [1.29, 1.82) is 0 Å². The lowest BCUT2D eigenvalue weighted by molar-refractivity contribution is 0.256. The molecule has 1 aromatic heterocycles. The van der Waals surface area contributed by atoms with E-state index < -0.39 is 16.1 Å². The fraction of sp³-hybridized carbons (Fsp3) is 0. The van der Waals surface area contributed by atoms with Crippen LogP contribution in [0.15, 0.2) is 47.6 Å². The molecular formula is C11H9ClN4O3S. The van der Waals surface area contributed by atoms with Crippen molar-refractivity contribution < 1.29 is 13.2 Å². The summed E-state index contributed by atoms with van der Waals surface area (Å²) in [4.78, 5) is 18.9. The van der Waals surface area contributed by atoms with Crippen molar-refractivity contribution >= 4 is 33.6 Å². The number of nitrogens with one attached hydrogen (secondary N) is 2. The van der Waals surface area contributed by atoms with Gasteiger partial charge in [-0.25, -0.2) is 27.9 Å². The third-order valence-corrected chi connectivity index (χ3v) is 3.98. The molecule has 2 aromatic rings. The number of hydrogen-bond acceptors (Lipinski definition) is 5. The molecule has 0 unspecified atom stereocenters. The average Bonchev–Trinajstić information content (AvgIpc) is 2.39. The number of amides is 2. The topological polar surface area (TPSA) is 101 Å². The Kier molecular flexibility index (Phi) is 4.16. The molecule has 104 valence electrons. The molecule has 0 bridgehead atoms. The van der Waals surface area contributed by atoms with Crippen molar-refractivity contribution in [1.82, 2.24) is 14.7 Å². The molecule has 0 radical (unpaired) electrons. The zero-order valence-corrected chi connectivity index (χ0v) is 11.5. The number of halogens is 1. The highest BCUT2D eigenvalue weighted by Crippen LogP contribution is 2.20. The van der Waals surface area contributed by atoms with E-state index in [1.165, 1.54) is 30.6 Å². The Morgan fingerprint density at radius 1 is 1.10 bits per heavy atom. The fourth-order valence-corrected chi connectivity index (χ4v) is 2.76. The van der Waals surface area contributed by atoms with Gasteiger partial charge in [0.1, 0.15) is 4.90 Å². The van der Waals surface area contributed by atoms with Crippen molar-refractivity contribution in [2.75, 3.05) is 5.32 Å². The minimum atomic E-state index is -4.06. The SMILES string of the molecule is O=C(Nc1ncccn1)NS(=O)(=O)c1ccccc1Cl. The van der Waals surface area contributed by atoms with Crippen LogP contribution in [0, 0.1) is 0 Å². The lowest BCUT2D eigenvalue weighted by Gasteiger charge is -2.08. The normalized spacial score (nSPS) is 10.8. The van der Waals surface area contributed by atoms with Crippen molar-refractivity contribution in [3.63, 3.8) is 0 Å². The van der Waals surface area contributed by atoms with Gasteiger partial charge in [-0.3, -0.25) is 5.32 Å². The number of anilines is 1. The molecule has 9 heteroatoms. The minimum absolute atomic E-state index is 0.0145. The summed E-state index contributed by atoms with van der Waals surface area (Å²) in [5.74, 6) is -0.0145. The number of benzene rings is 1. The largest absolute Gasteiger partial charge is 0.335 e. The number of carbonyl (C=O) groups excluding carboxylic acids is 1. The van der Waals surface area contributed by atoms with Gasteiger partial charge >= 0.3 is 6.03 Å². The molecule has 0 saturated heterocycles. The van der Waals surface area contributed by atoms with Gasteiger partial charge in [0.25, 0.3) is 10.0 Å². The third-order valence-electron chi connectivity index (χ3n) is 2.14. The molecule has 2 N–H and O–H groups in total. The second kappa shape index (κ2) is 5.85. The van der Waals surface area contributed by atoms with Gasteiger partial charge in [0.2, 0.25) is 5.95 Å². The van der Waals surface area contributed by atoms with Crippen LogP contribution < -0.4 is 10.0 Å². The maximum atomic E-state index is 12.0. The van der Waals surface area contributed by atoms with Crippen molar-refractivity contribution in [3.8, 4) is 0 Å². The standard InChI is InChI=1S/C11H9ClN4O3S/c12-8-4-1-2-5-9(8)20(18,19)16-11(17)15-10-13-6-3-7-14-10/h1-7H,(H2,13,14,15,16,17). The fourth-order valence-electron chi connectivity index (χ4n) is 1.33. The predicted octanol–water partition coefficient (Wildman–Crippen LogP) is 1.64. The van der Waals surface area contributed by atoms with E-state index in [9.17, 15) is 13.2 Å². The van der Waals surface area contributed by atoms with Crippen LogP contribution in [0.25, 0.3) is 0 Å². The van der Waals surface area contributed by atoms with Crippen LogP contribution in [-0.2, 0) is 10.0 Å². The Morgan fingerprint density at radius 2 is 1.75 bits per heavy atom. The maximum absolute atomic E-state index is 12.0. The molecule has 0 fully saturated rings. The monoisotopic (exact) mass is 312 g/mol. The predicted molar refractivity (Wildman–Crippen MR) is 72.8 cm³/mol. The Morgan fingerprint density at radius 3 is 2.40 bits per heavy atom. The first-order valence-corrected chi connectivity index (χ1v) is 7.20. The summed E-state index contributed by atoms with van der Waals surface area (Å²) in [5.41, 5.74) is 0. The molecule has 20 heavy (non-hydrogen) atoms. The molecule has 7 nitrogen and oxygen atoms in total. The number of rotatable bonds is 3. The maximum Gasteiger partial charge on any atom is 0.335 e. The highest BCUT2D eigenvalue weighted by molar-refractivity contribution is 7.90. The van der Waals surface area contributed by atoms with E-state index in [2.05, 4.69) is 15.3 Å². The summed E-state index contributed by atoms with van der Waals surface area (Å²) < 4.78 is 25.7. The Hall–Kier alpha value is -2.19. The molecule has 2 amide bonds. The number of aromatic nitrogens is 2. The van der Waals surface area contributed by atoms with Gasteiger partial charge in [-0.15, -0.1) is 0 Å². The van der Waals surface area contributed by atoms with Crippen LogP contribution in [0.4, 0.5) is 10.7 Å². The zero-order chi connectivity index (χ0) is 14.6. The lowest BCUT2D eigenvalue weighted by atomic mass is 10.4. The highest BCUT2D eigenvalue weighted by Gasteiger charge is 2.20. The third kappa shape index (κ3) is 3.43. The second-order valence-corrected chi connectivity index (χ2v) is 5.62. The Labute approximate surface area is 120 Å². The molecule has 0 saturated carbocycles. The average molecular weight is 313 g/mol. The first-order chi connectivity index (χ1) is 9.49. The molecular weight excluding hydrogens is 304 g/mol. The van der Waals surface area contributed by atoms with E-state index in [1.807, 2.05) is 4.72 Å². The summed E-state index contributed by atoms with van der Waals surface area (Å²) >= 11 is 5.78. The minimum Gasteiger partial charge on any atom is -0.275 e. The molecule has 0 spiro atoms. The van der Waals surface area contributed by atoms with Crippen molar-refractivity contribution in [2.24, 2.45) is 0 Å². The van der Waals surface area contributed by atoms with Gasteiger partial charge in [-0.05, 0) is 18.2 Å². The molecule has 0 atom stereocenters. The molecule has 1 aromatic carbocycles. The first-order valence-electron chi connectivity index (χ1n) is 5.34. The molecule has 2 rings (SSSR count). The van der Waals surface area contributed by atoms with Crippen LogP contribution in [-0.4, -0.2) is 24.4 Å². The highest BCUT2D eigenvalue weighted by atomic mass is 35.5. The van der Waals surface area contributed by atoms with Gasteiger partial charge in [-0.2, -0.15) is 0 Å². The van der Waals surface area contributed by atoms with Gasteiger partial charge in [-0.1, -0.05) is 23.7 Å². The summed E-state index contributed by atoms with van der Waals surface area (Å²) in [5, 5.41) is 2.21.